The number of aryl methyl sites for hydroxylation is 1. The van der Waals surface area contributed by atoms with Crippen molar-refractivity contribution in [3.63, 3.8) is 0 Å². The highest BCUT2D eigenvalue weighted by atomic mass is 19.1. The van der Waals surface area contributed by atoms with Crippen molar-refractivity contribution in [3.05, 3.63) is 59.4 Å². The van der Waals surface area contributed by atoms with Crippen LogP contribution in [0, 0.1) is 5.82 Å². The van der Waals surface area contributed by atoms with Gasteiger partial charge in [-0.05, 0) is 36.6 Å². The van der Waals surface area contributed by atoms with Gasteiger partial charge in [-0.1, -0.05) is 24.3 Å². The van der Waals surface area contributed by atoms with Crippen LogP contribution in [0.1, 0.15) is 24.0 Å². The first kappa shape index (κ1) is 13.6. The Morgan fingerprint density at radius 1 is 1.10 bits per heavy atom. The van der Waals surface area contributed by atoms with Crippen LogP contribution in [0.4, 0.5) is 15.8 Å². The first-order chi connectivity index (χ1) is 10.2. The number of hydrogen-bond acceptors (Lipinski definition) is 2. The minimum atomic E-state index is -0.371. The molecule has 108 valence electrons. The highest BCUT2D eigenvalue weighted by molar-refractivity contribution is 5.95. The van der Waals surface area contributed by atoms with Gasteiger partial charge in [-0.3, -0.25) is 4.79 Å². The first-order valence-electron chi connectivity index (χ1n) is 7.08. The third kappa shape index (κ3) is 2.61. The van der Waals surface area contributed by atoms with Crippen molar-refractivity contribution in [2.45, 2.75) is 25.8 Å². The molecule has 4 heteroatoms. The predicted molar refractivity (Wildman–Crippen MR) is 81.4 cm³/mol. The number of halogens is 1. The molecule has 0 aromatic heterocycles. The number of fused-ring (bicyclic) bond motifs is 1. The van der Waals surface area contributed by atoms with Crippen LogP contribution < -0.4 is 10.6 Å². The molecular weight excluding hydrogens is 267 g/mol. The summed E-state index contributed by atoms with van der Waals surface area (Å²) in [5.74, 6) is -0.355. The number of amides is 1. The Labute approximate surface area is 123 Å². The van der Waals surface area contributed by atoms with Gasteiger partial charge in [0.15, 0.2) is 0 Å². The van der Waals surface area contributed by atoms with E-state index in [1.165, 1.54) is 6.07 Å². The van der Waals surface area contributed by atoms with Gasteiger partial charge in [0.2, 0.25) is 5.91 Å². The molecule has 0 fully saturated rings. The maximum absolute atomic E-state index is 14.0. The molecule has 1 aliphatic rings. The van der Waals surface area contributed by atoms with Gasteiger partial charge in [0.25, 0.3) is 0 Å². The van der Waals surface area contributed by atoms with E-state index >= 15 is 0 Å². The summed E-state index contributed by atoms with van der Waals surface area (Å²) in [7, 11) is 0. The SMILES string of the molecule is Nc1cccc(F)c1CN1C(=O)CCCc2ccccc21. The molecule has 1 aliphatic heterocycles. The van der Waals surface area contributed by atoms with Gasteiger partial charge in [-0.2, -0.15) is 0 Å². The van der Waals surface area contributed by atoms with Gasteiger partial charge < -0.3 is 10.6 Å². The number of carbonyl (C=O) groups excluding carboxylic acids is 1. The number of benzene rings is 2. The average molecular weight is 284 g/mol. The van der Waals surface area contributed by atoms with Crippen molar-refractivity contribution in [1.82, 2.24) is 0 Å². The third-order valence-electron chi connectivity index (χ3n) is 3.89. The second-order valence-corrected chi connectivity index (χ2v) is 5.27. The maximum atomic E-state index is 14.0. The summed E-state index contributed by atoms with van der Waals surface area (Å²) >= 11 is 0. The highest BCUT2D eigenvalue weighted by Crippen LogP contribution is 2.29. The molecule has 2 aromatic rings. The molecule has 0 aliphatic carbocycles. The van der Waals surface area contributed by atoms with E-state index in [0.29, 0.717) is 17.7 Å². The molecule has 0 atom stereocenters. The lowest BCUT2D eigenvalue weighted by Gasteiger charge is -2.24. The summed E-state index contributed by atoms with van der Waals surface area (Å²) in [6.45, 7) is 0.175. The minimum absolute atomic E-state index is 0.0163. The Balaban J connectivity index is 2.02. The lowest BCUT2D eigenvalue weighted by molar-refractivity contribution is -0.118. The number of para-hydroxylation sites is 1. The maximum Gasteiger partial charge on any atom is 0.227 e. The van der Waals surface area contributed by atoms with Crippen LogP contribution in [0.5, 0.6) is 0 Å². The van der Waals surface area contributed by atoms with Crippen molar-refractivity contribution in [1.29, 1.82) is 0 Å². The van der Waals surface area contributed by atoms with E-state index < -0.39 is 0 Å². The Morgan fingerprint density at radius 3 is 2.71 bits per heavy atom. The van der Waals surface area contributed by atoms with E-state index in [9.17, 15) is 9.18 Å². The molecule has 1 amide bonds. The predicted octanol–water partition coefficient (Wildman–Crippen LogP) is 3.28. The van der Waals surface area contributed by atoms with E-state index in [1.54, 1.807) is 17.0 Å². The molecule has 3 rings (SSSR count). The molecule has 2 N–H and O–H groups in total. The van der Waals surface area contributed by atoms with Crippen molar-refractivity contribution in [3.8, 4) is 0 Å². The van der Waals surface area contributed by atoms with E-state index in [1.807, 2.05) is 24.3 Å². The van der Waals surface area contributed by atoms with E-state index in [-0.39, 0.29) is 18.3 Å². The van der Waals surface area contributed by atoms with Crippen LogP contribution in [-0.2, 0) is 17.8 Å². The van der Waals surface area contributed by atoms with E-state index in [4.69, 9.17) is 5.73 Å². The van der Waals surface area contributed by atoms with E-state index in [2.05, 4.69) is 0 Å². The quantitative estimate of drug-likeness (QED) is 0.860. The van der Waals surface area contributed by atoms with Gasteiger partial charge in [0.1, 0.15) is 5.82 Å². The number of hydrogen-bond donors (Lipinski definition) is 1. The molecular formula is C17H17FN2O. The molecule has 0 radical (unpaired) electrons. The number of rotatable bonds is 2. The van der Waals surface area contributed by atoms with Gasteiger partial charge in [-0.15, -0.1) is 0 Å². The number of carbonyl (C=O) groups is 1. The zero-order chi connectivity index (χ0) is 14.8. The fourth-order valence-electron chi connectivity index (χ4n) is 2.76. The van der Waals surface area contributed by atoms with Crippen molar-refractivity contribution in [2.75, 3.05) is 10.6 Å². The summed E-state index contributed by atoms with van der Waals surface area (Å²) in [5, 5.41) is 0. The zero-order valence-corrected chi connectivity index (χ0v) is 11.7. The molecule has 0 unspecified atom stereocenters. The monoisotopic (exact) mass is 284 g/mol. The molecule has 0 saturated heterocycles. The molecule has 0 bridgehead atoms. The normalized spacial score (nSPS) is 14.7. The lowest BCUT2D eigenvalue weighted by Crippen LogP contribution is -2.30. The van der Waals surface area contributed by atoms with Crippen LogP contribution in [0.2, 0.25) is 0 Å². The number of anilines is 2. The summed E-state index contributed by atoms with van der Waals surface area (Å²) in [6, 6.07) is 12.4. The summed E-state index contributed by atoms with van der Waals surface area (Å²) < 4.78 is 14.0. The molecule has 0 saturated carbocycles. The molecule has 0 spiro atoms. The Kier molecular flexibility index (Phi) is 3.60. The van der Waals surface area contributed by atoms with Crippen molar-refractivity contribution in [2.24, 2.45) is 0 Å². The zero-order valence-electron chi connectivity index (χ0n) is 11.7. The van der Waals surface area contributed by atoms with E-state index in [0.717, 1.165) is 24.1 Å². The van der Waals surface area contributed by atoms with Crippen LogP contribution in [-0.4, -0.2) is 5.91 Å². The summed E-state index contributed by atoms with van der Waals surface area (Å²) in [5.41, 5.74) is 8.61. The van der Waals surface area contributed by atoms with Gasteiger partial charge in [-0.25, -0.2) is 4.39 Å². The standard InChI is InChI=1S/C17H17FN2O/c18-14-7-4-8-15(19)13(14)11-20-16-9-2-1-5-12(16)6-3-10-17(20)21/h1-2,4-5,7-9H,3,6,10-11,19H2. The Hall–Kier alpha value is -2.36. The minimum Gasteiger partial charge on any atom is -0.398 e. The third-order valence-corrected chi connectivity index (χ3v) is 3.89. The lowest BCUT2D eigenvalue weighted by atomic mass is 10.1. The molecule has 3 nitrogen and oxygen atoms in total. The van der Waals surface area contributed by atoms with Gasteiger partial charge in [0.05, 0.1) is 6.54 Å². The van der Waals surface area contributed by atoms with Gasteiger partial charge in [0, 0.05) is 23.4 Å². The fraction of sp³-hybridized carbons (Fsp3) is 0.235. The summed E-state index contributed by atoms with van der Waals surface area (Å²) in [6.07, 6.45) is 2.16. The number of nitrogens with zero attached hydrogens (tertiary/aromatic N) is 1. The average Bonchev–Trinajstić information content (AvgIpc) is 2.62. The Morgan fingerprint density at radius 2 is 1.90 bits per heavy atom. The fourth-order valence-corrected chi connectivity index (χ4v) is 2.76. The van der Waals surface area contributed by atoms with Crippen molar-refractivity contribution >= 4 is 17.3 Å². The molecule has 21 heavy (non-hydrogen) atoms. The van der Waals surface area contributed by atoms with Crippen LogP contribution in [0.3, 0.4) is 0 Å². The molecule has 2 aromatic carbocycles. The number of nitrogens with two attached hydrogens (primary N) is 1. The first-order valence-corrected chi connectivity index (χ1v) is 7.08. The van der Waals surface area contributed by atoms with Crippen LogP contribution in [0.25, 0.3) is 0 Å². The number of nitrogen functional groups attached to an aromatic ring is 1. The topological polar surface area (TPSA) is 46.3 Å². The second kappa shape index (κ2) is 5.56. The van der Waals surface area contributed by atoms with Crippen LogP contribution in [0.15, 0.2) is 42.5 Å². The van der Waals surface area contributed by atoms with Crippen LogP contribution >= 0.6 is 0 Å². The molecule has 1 heterocycles. The smallest absolute Gasteiger partial charge is 0.227 e. The van der Waals surface area contributed by atoms with Gasteiger partial charge >= 0.3 is 0 Å². The summed E-state index contributed by atoms with van der Waals surface area (Å²) in [4.78, 5) is 14.0. The largest absolute Gasteiger partial charge is 0.398 e. The second-order valence-electron chi connectivity index (χ2n) is 5.27. The Bertz CT molecular complexity index is 664. The van der Waals surface area contributed by atoms with Crippen molar-refractivity contribution < 1.29 is 9.18 Å². The highest BCUT2D eigenvalue weighted by Gasteiger charge is 2.23.